The average Bonchev–Trinajstić information content (AvgIpc) is 2.40. The van der Waals surface area contributed by atoms with Crippen molar-refractivity contribution in [2.75, 3.05) is 0 Å². The fraction of sp³-hybridized carbons (Fsp3) is 0.333. The molecule has 12 heavy (non-hydrogen) atoms. The first-order valence-electron chi connectivity index (χ1n) is 3.85. The summed E-state index contributed by atoms with van der Waals surface area (Å²) in [5.41, 5.74) is 1.86. The van der Waals surface area contributed by atoms with E-state index in [4.69, 9.17) is 5.26 Å². The van der Waals surface area contributed by atoms with Gasteiger partial charge in [0.15, 0.2) is 0 Å². The molecule has 0 saturated heterocycles. The maximum atomic E-state index is 11.1. The molecule has 0 bridgehead atoms. The van der Waals surface area contributed by atoms with Gasteiger partial charge in [0.25, 0.3) is 5.91 Å². The van der Waals surface area contributed by atoms with Crippen molar-refractivity contribution < 1.29 is 4.79 Å². The van der Waals surface area contributed by atoms with Gasteiger partial charge in [-0.2, -0.15) is 5.26 Å². The van der Waals surface area contributed by atoms with E-state index in [-0.39, 0.29) is 11.5 Å². The molecule has 0 aromatic rings. The highest BCUT2D eigenvalue weighted by molar-refractivity contribution is 6.03. The summed E-state index contributed by atoms with van der Waals surface area (Å²) in [6, 6.07) is 1.91. The number of hydrogen-bond acceptors (Lipinski definition) is 2. The van der Waals surface area contributed by atoms with E-state index in [1.807, 2.05) is 19.9 Å². The molecule has 1 aliphatic rings. The van der Waals surface area contributed by atoms with E-state index in [1.165, 1.54) is 0 Å². The number of nitrogens with zero attached hydrogens (tertiary/aromatic N) is 1. The zero-order chi connectivity index (χ0) is 9.14. The lowest BCUT2D eigenvalue weighted by molar-refractivity contribution is -0.115. The topological polar surface area (TPSA) is 52.9 Å². The molecule has 0 fully saturated rings. The van der Waals surface area contributed by atoms with Gasteiger partial charge in [-0.1, -0.05) is 13.0 Å². The summed E-state index contributed by atoms with van der Waals surface area (Å²) >= 11 is 0. The van der Waals surface area contributed by atoms with Gasteiger partial charge in [0, 0.05) is 5.70 Å². The van der Waals surface area contributed by atoms with E-state index >= 15 is 0 Å². The highest BCUT2D eigenvalue weighted by Crippen LogP contribution is 2.22. The van der Waals surface area contributed by atoms with Gasteiger partial charge in [-0.05, 0) is 18.9 Å². The molecule has 62 valence electrons. The van der Waals surface area contributed by atoms with E-state index in [0.29, 0.717) is 6.42 Å². The Morgan fingerprint density at radius 2 is 2.33 bits per heavy atom. The molecule has 1 rings (SSSR count). The van der Waals surface area contributed by atoms with Crippen LogP contribution in [0, 0.1) is 11.3 Å². The third-order valence-electron chi connectivity index (χ3n) is 1.86. The normalized spacial score (nSPS) is 19.8. The Labute approximate surface area is 71.4 Å². The van der Waals surface area contributed by atoms with E-state index in [9.17, 15) is 4.79 Å². The predicted molar refractivity (Wildman–Crippen MR) is 44.8 cm³/mol. The van der Waals surface area contributed by atoms with Gasteiger partial charge in [-0.3, -0.25) is 4.79 Å². The SMILES string of the molecule is C/C=C1\NC(=O)C(C#N)=C1CC. The molecule has 0 radical (unpaired) electrons. The Balaban J connectivity index is 3.19. The Morgan fingerprint density at radius 1 is 1.67 bits per heavy atom. The Kier molecular flexibility index (Phi) is 2.29. The minimum atomic E-state index is -0.276. The van der Waals surface area contributed by atoms with Crippen LogP contribution in [0.1, 0.15) is 20.3 Å². The van der Waals surface area contributed by atoms with Gasteiger partial charge in [-0.25, -0.2) is 0 Å². The van der Waals surface area contributed by atoms with E-state index in [0.717, 1.165) is 11.3 Å². The fourth-order valence-electron chi connectivity index (χ4n) is 1.26. The van der Waals surface area contributed by atoms with Crippen LogP contribution in [0.4, 0.5) is 0 Å². The zero-order valence-corrected chi connectivity index (χ0v) is 7.14. The molecule has 1 aliphatic heterocycles. The summed E-state index contributed by atoms with van der Waals surface area (Å²) in [4.78, 5) is 11.1. The van der Waals surface area contributed by atoms with Crippen molar-refractivity contribution in [3.63, 3.8) is 0 Å². The lowest BCUT2D eigenvalue weighted by atomic mass is 10.1. The van der Waals surface area contributed by atoms with Crippen molar-refractivity contribution in [3.05, 3.63) is 22.9 Å². The summed E-state index contributed by atoms with van der Waals surface area (Å²) in [5.74, 6) is -0.276. The fourth-order valence-corrected chi connectivity index (χ4v) is 1.26. The van der Waals surface area contributed by atoms with Crippen molar-refractivity contribution in [2.24, 2.45) is 0 Å². The largest absolute Gasteiger partial charge is 0.321 e. The second-order valence-electron chi connectivity index (χ2n) is 2.48. The first-order valence-corrected chi connectivity index (χ1v) is 3.85. The third-order valence-corrected chi connectivity index (χ3v) is 1.86. The quantitative estimate of drug-likeness (QED) is 0.630. The van der Waals surface area contributed by atoms with Gasteiger partial charge in [0.1, 0.15) is 11.6 Å². The van der Waals surface area contributed by atoms with Crippen LogP contribution in [-0.4, -0.2) is 5.91 Å². The van der Waals surface area contributed by atoms with Gasteiger partial charge >= 0.3 is 0 Å². The summed E-state index contributed by atoms with van der Waals surface area (Å²) in [7, 11) is 0. The molecule has 0 spiro atoms. The van der Waals surface area contributed by atoms with Crippen molar-refractivity contribution in [3.8, 4) is 6.07 Å². The minimum Gasteiger partial charge on any atom is -0.321 e. The van der Waals surface area contributed by atoms with E-state index in [1.54, 1.807) is 6.08 Å². The van der Waals surface area contributed by atoms with Crippen LogP contribution >= 0.6 is 0 Å². The highest BCUT2D eigenvalue weighted by Gasteiger charge is 2.24. The maximum Gasteiger partial charge on any atom is 0.266 e. The molecule has 0 aromatic carbocycles. The summed E-state index contributed by atoms with van der Waals surface area (Å²) in [6.07, 6.45) is 2.52. The van der Waals surface area contributed by atoms with Crippen LogP contribution in [0.5, 0.6) is 0 Å². The molecule has 1 heterocycles. The molecule has 0 aromatic heterocycles. The first kappa shape index (κ1) is 8.54. The van der Waals surface area contributed by atoms with Gasteiger partial charge in [-0.15, -0.1) is 0 Å². The van der Waals surface area contributed by atoms with Crippen molar-refractivity contribution in [2.45, 2.75) is 20.3 Å². The van der Waals surface area contributed by atoms with Crippen LogP contribution in [0.2, 0.25) is 0 Å². The number of nitriles is 1. The van der Waals surface area contributed by atoms with Crippen molar-refractivity contribution in [1.29, 1.82) is 5.26 Å². The molecule has 0 unspecified atom stereocenters. The second-order valence-corrected chi connectivity index (χ2v) is 2.48. The van der Waals surface area contributed by atoms with Crippen LogP contribution < -0.4 is 5.32 Å². The van der Waals surface area contributed by atoms with Crippen LogP contribution in [0.15, 0.2) is 22.9 Å². The van der Waals surface area contributed by atoms with Crippen LogP contribution in [-0.2, 0) is 4.79 Å². The monoisotopic (exact) mass is 162 g/mol. The summed E-state index contributed by atoms with van der Waals surface area (Å²) < 4.78 is 0. The molecule has 1 N–H and O–H groups in total. The lowest BCUT2D eigenvalue weighted by Crippen LogP contribution is -2.15. The van der Waals surface area contributed by atoms with Crippen LogP contribution in [0.3, 0.4) is 0 Å². The Bertz CT molecular complexity index is 318. The number of carbonyl (C=O) groups excluding carboxylic acids is 1. The number of amides is 1. The number of carbonyl (C=O) groups is 1. The van der Waals surface area contributed by atoms with E-state index in [2.05, 4.69) is 5.32 Å². The lowest BCUT2D eigenvalue weighted by Gasteiger charge is -1.98. The van der Waals surface area contributed by atoms with E-state index < -0.39 is 0 Å². The summed E-state index contributed by atoms with van der Waals surface area (Å²) in [6.45, 7) is 3.77. The molecular formula is C9H10N2O. The Hall–Kier alpha value is -1.56. The summed E-state index contributed by atoms with van der Waals surface area (Å²) in [5, 5.41) is 11.3. The number of allylic oxidation sites excluding steroid dienone is 2. The standard InChI is InChI=1S/C9H10N2O/c1-3-6-7(5-10)9(12)11-8(6)4-2/h4H,3H2,1-2H3,(H,11,12)/b8-4-. The Morgan fingerprint density at radius 3 is 2.75 bits per heavy atom. The van der Waals surface area contributed by atoms with Crippen molar-refractivity contribution in [1.82, 2.24) is 5.32 Å². The molecule has 3 heteroatoms. The smallest absolute Gasteiger partial charge is 0.266 e. The molecule has 1 amide bonds. The average molecular weight is 162 g/mol. The molecule has 0 atom stereocenters. The number of hydrogen-bond donors (Lipinski definition) is 1. The molecule has 3 nitrogen and oxygen atoms in total. The highest BCUT2D eigenvalue weighted by atomic mass is 16.1. The molecule has 0 saturated carbocycles. The maximum absolute atomic E-state index is 11.1. The van der Waals surface area contributed by atoms with Crippen LogP contribution in [0.25, 0.3) is 0 Å². The minimum absolute atomic E-state index is 0.255. The predicted octanol–water partition coefficient (Wildman–Crippen LogP) is 1.25. The zero-order valence-electron chi connectivity index (χ0n) is 7.14. The second kappa shape index (κ2) is 3.22. The molecule has 0 aliphatic carbocycles. The van der Waals surface area contributed by atoms with Crippen molar-refractivity contribution >= 4 is 5.91 Å². The first-order chi connectivity index (χ1) is 5.74. The number of nitrogens with one attached hydrogen (secondary N) is 1. The van der Waals surface area contributed by atoms with Gasteiger partial charge < -0.3 is 5.32 Å². The number of rotatable bonds is 1. The third kappa shape index (κ3) is 1.12. The van der Waals surface area contributed by atoms with Gasteiger partial charge in [0.2, 0.25) is 0 Å². The molecular weight excluding hydrogens is 152 g/mol. The van der Waals surface area contributed by atoms with Gasteiger partial charge in [0.05, 0.1) is 0 Å².